The molecular weight excluding hydrogens is 389 g/mol. The van der Waals surface area contributed by atoms with Crippen molar-refractivity contribution in [2.45, 2.75) is 25.7 Å². The van der Waals surface area contributed by atoms with Crippen LogP contribution in [0, 0.1) is 5.92 Å². The lowest BCUT2D eigenvalue weighted by Gasteiger charge is -2.31. The highest BCUT2D eigenvalue weighted by Gasteiger charge is 2.24. The van der Waals surface area contributed by atoms with Gasteiger partial charge in [0.1, 0.15) is 0 Å². The third-order valence-corrected chi connectivity index (χ3v) is 5.30. The highest BCUT2D eigenvalue weighted by atomic mass is 35.5. The summed E-state index contributed by atoms with van der Waals surface area (Å²) in [6.07, 6.45) is 2.81. The Labute approximate surface area is 170 Å². The van der Waals surface area contributed by atoms with Crippen LogP contribution in [0.4, 0.5) is 5.69 Å². The van der Waals surface area contributed by atoms with Crippen LogP contribution >= 0.6 is 23.2 Å². The second-order valence-electron chi connectivity index (χ2n) is 6.65. The topological polar surface area (TPSA) is 70.7 Å². The Morgan fingerprint density at radius 3 is 2.52 bits per heavy atom. The van der Waals surface area contributed by atoms with Gasteiger partial charge in [0.25, 0.3) is 0 Å². The highest BCUT2D eigenvalue weighted by Crippen LogP contribution is 2.29. The van der Waals surface area contributed by atoms with Crippen LogP contribution in [0.15, 0.2) is 18.2 Å². The summed E-state index contributed by atoms with van der Waals surface area (Å²) in [5, 5.41) is 6.59. The predicted octanol–water partition coefficient (Wildman–Crippen LogP) is 3.19. The molecule has 1 aliphatic rings. The van der Waals surface area contributed by atoms with Gasteiger partial charge >= 0.3 is 0 Å². The minimum Gasteiger partial charge on any atom is -0.385 e. The summed E-state index contributed by atoms with van der Waals surface area (Å²) in [6.45, 7) is 3.58. The first-order valence-electron chi connectivity index (χ1n) is 9.24. The van der Waals surface area contributed by atoms with Crippen LogP contribution in [0.5, 0.6) is 0 Å². The molecule has 1 aromatic rings. The van der Waals surface area contributed by atoms with Gasteiger partial charge in [-0.2, -0.15) is 0 Å². The monoisotopic (exact) mass is 415 g/mol. The molecule has 6 nitrogen and oxygen atoms in total. The van der Waals surface area contributed by atoms with Crippen molar-refractivity contribution in [2.75, 3.05) is 45.2 Å². The van der Waals surface area contributed by atoms with Gasteiger partial charge in [0, 0.05) is 39.1 Å². The molecular formula is C19H27Cl2N3O3. The summed E-state index contributed by atoms with van der Waals surface area (Å²) in [4.78, 5) is 26.5. The normalized spacial score (nSPS) is 15.5. The molecule has 0 spiro atoms. The molecule has 8 heteroatoms. The van der Waals surface area contributed by atoms with Crippen LogP contribution in [0.25, 0.3) is 0 Å². The van der Waals surface area contributed by atoms with Crippen molar-refractivity contribution in [1.82, 2.24) is 10.2 Å². The summed E-state index contributed by atoms with van der Waals surface area (Å²) in [5.74, 6) is 0.0550. The van der Waals surface area contributed by atoms with E-state index in [1.54, 1.807) is 25.3 Å². The fourth-order valence-electron chi connectivity index (χ4n) is 3.07. The van der Waals surface area contributed by atoms with Crippen LogP contribution in [0.2, 0.25) is 10.0 Å². The number of hydrogen-bond donors (Lipinski definition) is 2. The maximum Gasteiger partial charge on any atom is 0.225 e. The van der Waals surface area contributed by atoms with E-state index in [-0.39, 0.29) is 17.7 Å². The van der Waals surface area contributed by atoms with Gasteiger partial charge in [-0.05, 0) is 44.5 Å². The molecule has 0 unspecified atom stereocenters. The number of carbonyl (C=O) groups excluding carboxylic acids is 2. The number of likely N-dealkylation sites (tertiary alicyclic amines) is 1. The van der Waals surface area contributed by atoms with E-state index in [1.807, 2.05) is 0 Å². The van der Waals surface area contributed by atoms with E-state index in [9.17, 15) is 9.59 Å². The Hall–Kier alpha value is -1.34. The number of ether oxygens (including phenoxy) is 1. The van der Waals surface area contributed by atoms with Crippen LogP contribution < -0.4 is 10.6 Å². The van der Waals surface area contributed by atoms with E-state index >= 15 is 0 Å². The van der Waals surface area contributed by atoms with E-state index in [2.05, 4.69) is 15.5 Å². The van der Waals surface area contributed by atoms with Gasteiger partial charge in [0.2, 0.25) is 11.8 Å². The van der Waals surface area contributed by atoms with E-state index < -0.39 is 0 Å². The third-order valence-electron chi connectivity index (χ3n) is 4.67. The Balaban J connectivity index is 1.67. The van der Waals surface area contributed by atoms with E-state index in [0.29, 0.717) is 41.8 Å². The lowest BCUT2D eigenvalue weighted by atomic mass is 9.96. The second kappa shape index (κ2) is 11.5. The number of methoxy groups -OCH3 is 1. The van der Waals surface area contributed by atoms with Gasteiger partial charge in [0.15, 0.2) is 0 Å². The number of halogens is 2. The number of hydrogen-bond acceptors (Lipinski definition) is 4. The number of benzene rings is 1. The average Bonchev–Trinajstić information content (AvgIpc) is 2.67. The van der Waals surface area contributed by atoms with Gasteiger partial charge in [0.05, 0.1) is 15.7 Å². The standard InChI is InChI=1S/C19H27Cl2N3O3/c1-27-13-3-9-22-19(26)14-6-10-24(11-7-14)12-8-17(25)23-18-15(20)4-2-5-16(18)21/h2,4-5,14H,3,6-13H2,1H3,(H,22,26)(H,23,25). The Morgan fingerprint density at radius 2 is 1.89 bits per heavy atom. The van der Waals surface area contributed by atoms with E-state index in [4.69, 9.17) is 27.9 Å². The van der Waals surface area contributed by atoms with E-state index in [1.165, 1.54) is 0 Å². The maximum atomic E-state index is 12.2. The van der Waals surface area contributed by atoms with Crippen LogP contribution in [-0.2, 0) is 14.3 Å². The minimum atomic E-state index is -0.122. The van der Waals surface area contributed by atoms with Crippen molar-refractivity contribution in [1.29, 1.82) is 0 Å². The van der Waals surface area contributed by atoms with Crippen molar-refractivity contribution in [3.05, 3.63) is 28.2 Å². The largest absolute Gasteiger partial charge is 0.385 e. The summed E-state index contributed by atoms with van der Waals surface area (Å²) in [7, 11) is 1.65. The van der Waals surface area contributed by atoms with E-state index in [0.717, 1.165) is 32.4 Å². The average molecular weight is 416 g/mol. The summed E-state index contributed by atoms with van der Waals surface area (Å²) < 4.78 is 4.97. The number of carbonyl (C=O) groups is 2. The lowest BCUT2D eigenvalue weighted by molar-refractivity contribution is -0.126. The van der Waals surface area contributed by atoms with Gasteiger partial charge in [-0.15, -0.1) is 0 Å². The number of nitrogens with zero attached hydrogens (tertiary/aromatic N) is 1. The first-order valence-corrected chi connectivity index (χ1v) is 9.99. The number of anilines is 1. The van der Waals surface area contributed by atoms with Gasteiger partial charge in [-0.3, -0.25) is 9.59 Å². The molecule has 1 aliphatic heterocycles. The van der Waals surface area contributed by atoms with Crippen molar-refractivity contribution in [3.8, 4) is 0 Å². The molecule has 1 fully saturated rings. The molecule has 2 amide bonds. The van der Waals surface area contributed by atoms with Crippen molar-refractivity contribution < 1.29 is 14.3 Å². The maximum absolute atomic E-state index is 12.2. The molecule has 0 aromatic heterocycles. The number of para-hydroxylation sites is 1. The van der Waals surface area contributed by atoms with Crippen molar-refractivity contribution in [3.63, 3.8) is 0 Å². The smallest absolute Gasteiger partial charge is 0.225 e. The molecule has 1 aromatic carbocycles. The molecule has 27 heavy (non-hydrogen) atoms. The molecule has 0 radical (unpaired) electrons. The van der Waals surface area contributed by atoms with Gasteiger partial charge in [-0.25, -0.2) is 0 Å². The van der Waals surface area contributed by atoms with Crippen LogP contribution in [-0.4, -0.2) is 56.6 Å². The first kappa shape index (κ1) is 22.0. The molecule has 0 saturated carbocycles. The van der Waals surface area contributed by atoms with Crippen LogP contribution in [0.3, 0.4) is 0 Å². The molecule has 1 heterocycles. The number of rotatable bonds is 9. The molecule has 1 saturated heterocycles. The summed E-state index contributed by atoms with van der Waals surface area (Å²) in [5.41, 5.74) is 0.453. The molecule has 0 bridgehead atoms. The third kappa shape index (κ3) is 7.30. The molecule has 2 N–H and O–H groups in total. The molecule has 2 rings (SSSR count). The molecule has 0 atom stereocenters. The Kier molecular flexibility index (Phi) is 9.34. The van der Waals surface area contributed by atoms with Crippen molar-refractivity contribution in [2.24, 2.45) is 5.92 Å². The Morgan fingerprint density at radius 1 is 1.22 bits per heavy atom. The quantitative estimate of drug-likeness (QED) is 0.607. The van der Waals surface area contributed by atoms with Crippen molar-refractivity contribution >= 4 is 40.7 Å². The second-order valence-corrected chi connectivity index (χ2v) is 7.46. The summed E-state index contributed by atoms with van der Waals surface area (Å²) >= 11 is 12.1. The Bertz CT molecular complexity index is 614. The zero-order chi connectivity index (χ0) is 19.6. The zero-order valence-corrected chi connectivity index (χ0v) is 17.1. The highest BCUT2D eigenvalue weighted by molar-refractivity contribution is 6.39. The summed E-state index contributed by atoms with van der Waals surface area (Å²) in [6, 6.07) is 5.11. The minimum absolute atomic E-state index is 0.0551. The number of nitrogens with one attached hydrogen (secondary N) is 2. The first-order chi connectivity index (χ1) is 13.0. The zero-order valence-electron chi connectivity index (χ0n) is 15.6. The van der Waals surface area contributed by atoms with Gasteiger partial charge < -0.3 is 20.3 Å². The number of amides is 2. The molecule has 0 aliphatic carbocycles. The fourth-order valence-corrected chi connectivity index (χ4v) is 3.56. The SMILES string of the molecule is COCCCNC(=O)C1CCN(CCC(=O)Nc2c(Cl)cccc2Cl)CC1. The number of piperidine rings is 1. The van der Waals surface area contributed by atoms with Gasteiger partial charge in [-0.1, -0.05) is 29.3 Å². The molecule has 150 valence electrons. The predicted molar refractivity (Wildman–Crippen MR) is 108 cm³/mol. The van der Waals surface area contributed by atoms with Crippen LogP contribution in [0.1, 0.15) is 25.7 Å². The fraction of sp³-hybridized carbons (Fsp3) is 0.579. The lowest BCUT2D eigenvalue weighted by Crippen LogP contribution is -2.41.